The highest BCUT2D eigenvalue weighted by Gasteiger charge is 2.25. The first kappa shape index (κ1) is 7.12. The smallest absolute Gasteiger partial charge is 0.407 e. The van der Waals surface area contributed by atoms with Gasteiger partial charge in [0.15, 0.2) is 0 Å². The molecule has 1 unspecified atom stereocenters. The van der Waals surface area contributed by atoms with Gasteiger partial charge in [0.05, 0.1) is 0 Å². The summed E-state index contributed by atoms with van der Waals surface area (Å²) >= 11 is 0. The molecule has 62 valence electrons. The van der Waals surface area contributed by atoms with Crippen molar-refractivity contribution in [3.05, 3.63) is 35.9 Å². The second kappa shape index (κ2) is 2.83. The fourth-order valence-corrected chi connectivity index (χ4v) is 1.01. The maximum atomic E-state index is 10.5. The fourth-order valence-electron chi connectivity index (χ4n) is 1.01. The molecule has 1 aliphatic rings. The van der Waals surface area contributed by atoms with Crippen molar-refractivity contribution in [3.63, 3.8) is 0 Å². The van der Waals surface area contributed by atoms with Gasteiger partial charge >= 0.3 is 6.16 Å². The molecule has 1 N–H and O–H groups in total. The van der Waals surface area contributed by atoms with Gasteiger partial charge in [0.25, 0.3) is 0 Å². The third kappa shape index (κ3) is 1.24. The van der Waals surface area contributed by atoms with Gasteiger partial charge in [-0.1, -0.05) is 30.3 Å². The molecule has 4 heteroatoms. The molecule has 1 aromatic carbocycles. The van der Waals surface area contributed by atoms with Gasteiger partial charge in [0.2, 0.25) is 6.23 Å². The van der Waals surface area contributed by atoms with Crippen LogP contribution in [0.3, 0.4) is 0 Å². The van der Waals surface area contributed by atoms with Crippen molar-refractivity contribution in [1.82, 2.24) is 5.48 Å². The first-order valence-electron chi connectivity index (χ1n) is 3.54. The predicted octanol–water partition coefficient (Wildman–Crippen LogP) is 1.36. The summed E-state index contributed by atoms with van der Waals surface area (Å²) in [6, 6.07) is 9.31. The Labute approximate surface area is 69.0 Å². The lowest BCUT2D eigenvalue weighted by atomic mass is 10.2. The van der Waals surface area contributed by atoms with E-state index in [1.54, 1.807) is 0 Å². The largest absolute Gasteiger partial charge is 0.529 e. The number of hydroxylamine groups is 1. The quantitative estimate of drug-likeness (QED) is 0.638. The molecule has 1 atom stereocenters. The van der Waals surface area contributed by atoms with E-state index >= 15 is 0 Å². The summed E-state index contributed by atoms with van der Waals surface area (Å²) in [4.78, 5) is 14.9. The Morgan fingerprint density at radius 3 is 2.58 bits per heavy atom. The first-order valence-corrected chi connectivity index (χ1v) is 3.54. The second-order valence-corrected chi connectivity index (χ2v) is 2.38. The predicted molar refractivity (Wildman–Crippen MR) is 39.9 cm³/mol. The van der Waals surface area contributed by atoms with Crippen LogP contribution in [0.15, 0.2) is 30.3 Å². The summed E-state index contributed by atoms with van der Waals surface area (Å²) in [6.07, 6.45) is -1.16. The van der Waals surface area contributed by atoms with Crippen molar-refractivity contribution in [2.45, 2.75) is 6.23 Å². The lowest BCUT2D eigenvalue weighted by Crippen LogP contribution is -2.11. The summed E-state index contributed by atoms with van der Waals surface area (Å²) in [5, 5.41) is 0. The van der Waals surface area contributed by atoms with Crippen molar-refractivity contribution in [1.29, 1.82) is 0 Å². The average molecular weight is 165 g/mol. The molecule has 0 aliphatic carbocycles. The van der Waals surface area contributed by atoms with Crippen molar-refractivity contribution >= 4 is 6.16 Å². The van der Waals surface area contributed by atoms with Crippen molar-refractivity contribution in [2.75, 3.05) is 0 Å². The number of nitrogens with one attached hydrogen (secondary N) is 1. The van der Waals surface area contributed by atoms with Crippen LogP contribution in [0, 0.1) is 0 Å². The number of cyclic esters (lactones) is 1. The van der Waals surface area contributed by atoms with E-state index in [1.165, 1.54) is 0 Å². The Bertz CT molecular complexity index is 286. The number of hydrogen-bond acceptors (Lipinski definition) is 4. The molecule has 1 aliphatic heterocycles. The van der Waals surface area contributed by atoms with Crippen LogP contribution < -0.4 is 5.48 Å². The van der Waals surface area contributed by atoms with Gasteiger partial charge < -0.3 is 9.57 Å². The Kier molecular flexibility index (Phi) is 1.68. The molecule has 12 heavy (non-hydrogen) atoms. The molecular formula is C8H7NO3. The third-order valence-electron chi connectivity index (χ3n) is 1.57. The van der Waals surface area contributed by atoms with Gasteiger partial charge in [-0.15, -0.1) is 5.48 Å². The van der Waals surface area contributed by atoms with E-state index in [1.807, 2.05) is 30.3 Å². The summed E-state index contributed by atoms with van der Waals surface area (Å²) in [5.41, 5.74) is 3.32. The van der Waals surface area contributed by atoms with Crippen LogP contribution in [0.4, 0.5) is 4.79 Å². The maximum absolute atomic E-state index is 10.5. The molecule has 0 bridgehead atoms. The second-order valence-electron chi connectivity index (χ2n) is 2.38. The van der Waals surface area contributed by atoms with Crippen molar-refractivity contribution in [3.8, 4) is 0 Å². The topological polar surface area (TPSA) is 47.6 Å². The van der Waals surface area contributed by atoms with E-state index in [0.29, 0.717) is 0 Å². The molecule has 0 saturated carbocycles. The van der Waals surface area contributed by atoms with Crippen LogP contribution in [0.5, 0.6) is 0 Å². The molecule has 0 spiro atoms. The number of hydrogen-bond donors (Lipinski definition) is 1. The van der Waals surface area contributed by atoms with Gasteiger partial charge in [0.1, 0.15) is 0 Å². The minimum absolute atomic E-state index is 0.473. The standard InChI is InChI=1S/C8H7NO3/c10-8-11-7(9-12-8)6-4-2-1-3-5-6/h1-5,7,9H. The van der Waals surface area contributed by atoms with E-state index in [-0.39, 0.29) is 0 Å². The van der Waals surface area contributed by atoms with Crippen molar-refractivity contribution in [2.24, 2.45) is 0 Å². The zero-order valence-electron chi connectivity index (χ0n) is 6.19. The zero-order chi connectivity index (χ0) is 8.39. The number of benzene rings is 1. The van der Waals surface area contributed by atoms with Crippen LogP contribution in [0.2, 0.25) is 0 Å². The summed E-state index contributed by atoms with van der Waals surface area (Å²) in [7, 11) is 0. The average Bonchev–Trinajstić information content (AvgIpc) is 2.54. The highest BCUT2D eigenvalue weighted by Crippen LogP contribution is 2.18. The third-order valence-corrected chi connectivity index (χ3v) is 1.57. The fraction of sp³-hybridized carbons (Fsp3) is 0.125. The minimum atomic E-state index is -0.691. The summed E-state index contributed by atoms with van der Waals surface area (Å²) < 4.78 is 4.78. The number of rotatable bonds is 1. The minimum Gasteiger partial charge on any atom is -0.407 e. The Morgan fingerprint density at radius 1 is 1.25 bits per heavy atom. The molecular weight excluding hydrogens is 158 g/mol. The van der Waals surface area contributed by atoms with Crippen LogP contribution in [0.25, 0.3) is 0 Å². The zero-order valence-corrected chi connectivity index (χ0v) is 6.19. The number of carbonyl (C=O) groups excluding carboxylic acids is 1. The van der Waals surface area contributed by atoms with Gasteiger partial charge in [0, 0.05) is 5.56 Å². The molecule has 0 amide bonds. The molecule has 1 saturated heterocycles. The van der Waals surface area contributed by atoms with Crippen LogP contribution in [-0.2, 0) is 9.57 Å². The van der Waals surface area contributed by atoms with Gasteiger partial charge in [-0.25, -0.2) is 4.79 Å². The lowest BCUT2D eigenvalue weighted by molar-refractivity contribution is 0.113. The molecule has 4 nitrogen and oxygen atoms in total. The van der Waals surface area contributed by atoms with E-state index in [2.05, 4.69) is 10.3 Å². The van der Waals surface area contributed by atoms with E-state index in [0.717, 1.165) is 5.56 Å². The normalized spacial score (nSPS) is 21.7. The Hall–Kier alpha value is -1.55. The number of carbonyl (C=O) groups is 1. The van der Waals surface area contributed by atoms with Gasteiger partial charge in [-0.05, 0) is 0 Å². The van der Waals surface area contributed by atoms with Gasteiger partial charge in [-0.3, -0.25) is 0 Å². The Morgan fingerprint density at radius 2 is 2.00 bits per heavy atom. The molecule has 1 heterocycles. The summed E-state index contributed by atoms with van der Waals surface area (Å²) in [6.45, 7) is 0. The Balaban J connectivity index is 2.16. The molecule has 0 aromatic heterocycles. The van der Waals surface area contributed by atoms with Crippen LogP contribution in [0.1, 0.15) is 11.8 Å². The highest BCUT2D eigenvalue weighted by molar-refractivity contribution is 5.61. The van der Waals surface area contributed by atoms with Crippen LogP contribution >= 0.6 is 0 Å². The molecule has 0 radical (unpaired) electrons. The van der Waals surface area contributed by atoms with E-state index < -0.39 is 12.4 Å². The van der Waals surface area contributed by atoms with E-state index in [4.69, 9.17) is 4.74 Å². The monoisotopic (exact) mass is 165 g/mol. The SMILES string of the molecule is O=C1ONC(c2ccccc2)O1. The number of ether oxygens (including phenoxy) is 1. The molecule has 1 aromatic rings. The first-order chi connectivity index (χ1) is 5.86. The van der Waals surface area contributed by atoms with E-state index in [9.17, 15) is 4.79 Å². The highest BCUT2D eigenvalue weighted by atomic mass is 16.9. The lowest BCUT2D eigenvalue weighted by Gasteiger charge is -2.04. The van der Waals surface area contributed by atoms with Crippen LogP contribution in [-0.4, -0.2) is 6.16 Å². The summed E-state index contributed by atoms with van der Waals surface area (Å²) in [5.74, 6) is 0. The van der Waals surface area contributed by atoms with Gasteiger partial charge in [-0.2, -0.15) is 0 Å². The van der Waals surface area contributed by atoms with Crippen molar-refractivity contribution < 1.29 is 14.4 Å². The molecule has 2 rings (SSSR count). The molecule has 1 fully saturated rings. The maximum Gasteiger partial charge on any atom is 0.529 e.